The van der Waals surface area contributed by atoms with E-state index in [4.69, 9.17) is 14.6 Å². The summed E-state index contributed by atoms with van der Waals surface area (Å²) in [4.78, 5) is 20.2. The van der Waals surface area contributed by atoms with Crippen LogP contribution in [0.4, 0.5) is 5.69 Å². The van der Waals surface area contributed by atoms with Crippen molar-refractivity contribution in [1.82, 2.24) is 0 Å². The molecule has 1 aromatic rings. The van der Waals surface area contributed by atoms with Crippen LogP contribution in [0.1, 0.15) is 26.7 Å². The molecular weight excluding hydrogens is 246 g/mol. The van der Waals surface area contributed by atoms with Gasteiger partial charge in [-0.15, -0.1) is 0 Å². The highest BCUT2D eigenvalue weighted by atomic mass is 16.5. The van der Waals surface area contributed by atoms with E-state index in [9.17, 15) is 4.79 Å². The SMILES string of the molecule is CC(=O)O.CCCCOC(=O)CNc1ccccc1. The van der Waals surface area contributed by atoms with E-state index in [-0.39, 0.29) is 12.5 Å². The molecule has 0 amide bonds. The summed E-state index contributed by atoms with van der Waals surface area (Å²) in [6.45, 7) is 3.90. The molecule has 106 valence electrons. The number of carbonyl (C=O) groups is 2. The van der Waals surface area contributed by atoms with Gasteiger partial charge in [0.1, 0.15) is 6.54 Å². The van der Waals surface area contributed by atoms with Gasteiger partial charge >= 0.3 is 5.97 Å². The largest absolute Gasteiger partial charge is 0.481 e. The van der Waals surface area contributed by atoms with E-state index in [1.54, 1.807) is 0 Å². The van der Waals surface area contributed by atoms with Gasteiger partial charge in [0.2, 0.25) is 0 Å². The Bertz CT molecular complexity index is 361. The zero-order chi connectivity index (χ0) is 14.5. The van der Waals surface area contributed by atoms with Crippen molar-refractivity contribution in [3.8, 4) is 0 Å². The first kappa shape index (κ1) is 17.0. The van der Waals surface area contributed by atoms with Gasteiger partial charge in [0.05, 0.1) is 6.61 Å². The highest BCUT2D eigenvalue weighted by molar-refractivity contribution is 5.74. The molecule has 2 N–H and O–H groups in total. The number of rotatable bonds is 6. The van der Waals surface area contributed by atoms with E-state index < -0.39 is 5.97 Å². The molecule has 1 aromatic carbocycles. The molecule has 0 aliphatic carbocycles. The first-order chi connectivity index (χ1) is 9.06. The number of unbranched alkanes of at least 4 members (excludes halogenated alkanes) is 1. The van der Waals surface area contributed by atoms with Gasteiger partial charge in [0.15, 0.2) is 0 Å². The van der Waals surface area contributed by atoms with Crippen molar-refractivity contribution in [2.24, 2.45) is 0 Å². The van der Waals surface area contributed by atoms with Gasteiger partial charge < -0.3 is 15.2 Å². The van der Waals surface area contributed by atoms with Crippen LogP contribution in [0, 0.1) is 0 Å². The van der Waals surface area contributed by atoms with Crippen LogP contribution in [0.5, 0.6) is 0 Å². The lowest BCUT2D eigenvalue weighted by Crippen LogP contribution is -2.17. The second kappa shape index (κ2) is 11.1. The zero-order valence-electron chi connectivity index (χ0n) is 11.4. The van der Waals surface area contributed by atoms with Crippen LogP contribution in [0.25, 0.3) is 0 Å². The lowest BCUT2D eigenvalue weighted by Gasteiger charge is -2.06. The minimum Gasteiger partial charge on any atom is -0.481 e. The molecule has 5 nitrogen and oxygen atoms in total. The predicted molar refractivity (Wildman–Crippen MR) is 74.1 cm³/mol. The van der Waals surface area contributed by atoms with Crippen molar-refractivity contribution in [1.29, 1.82) is 0 Å². The summed E-state index contributed by atoms with van der Waals surface area (Å²) in [6, 6.07) is 9.61. The number of para-hydroxylation sites is 1. The number of nitrogens with one attached hydrogen (secondary N) is 1. The highest BCUT2D eigenvalue weighted by Crippen LogP contribution is 2.03. The minimum absolute atomic E-state index is 0.202. The first-order valence-corrected chi connectivity index (χ1v) is 6.20. The van der Waals surface area contributed by atoms with Crippen LogP contribution in [0.3, 0.4) is 0 Å². The molecular formula is C14H21NO4. The topological polar surface area (TPSA) is 75.6 Å². The number of esters is 1. The van der Waals surface area contributed by atoms with Gasteiger partial charge in [0, 0.05) is 12.6 Å². The number of benzene rings is 1. The maximum absolute atomic E-state index is 11.2. The summed E-state index contributed by atoms with van der Waals surface area (Å²) in [5, 5.41) is 10.4. The smallest absolute Gasteiger partial charge is 0.325 e. The summed E-state index contributed by atoms with van der Waals surface area (Å²) in [6.07, 6.45) is 1.97. The molecule has 0 saturated carbocycles. The summed E-state index contributed by atoms with van der Waals surface area (Å²) in [7, 11) is 0. The highest BCUT2D eigenvalue weighted by Gasteiger charge is 2.01. The Kier molecular flexibility index (Phi) is 9.88. The van der Waals surface area contributed by atoms with Crippen molar-refractivity contribution in [2.75, 3.05) is 18.5 Å². The maximum atomic E-state index is 11.2. The van der Waals surface area contributed by atoms with Crippen molar-refractivity contribution < 1.29 is 19.4 Å². The first-order valence-electron chi connectivity index (χ1n) is 6.20. The van der Waals surface area contributed by atoms with E-state index in [0.29, 0.717) is 6.61 Å². The van der Waals surface area contributed by atoms with E-state index in [2.05, 4.69) is 12.2 Å². The number of hydrogen-bond donors (Lipinski definition) is 2. The molecule has 0 bridgehead atoms. The standard InChI is InChI=1S/C12H17NO2.C2H4O2/c1-2-3-9-15-12(14)10-13-11-7-5-4-6-8-11;1-2(3)4/h4-8,13H,2-3,9-10H2,1H3;1H3,(H,3,4). The lowest BCUT2D eigenvalue weighted by atomic mass is 10.3. The normalized spacial score (nSPS) is 8.95. The molecule has 0 unspecified atom stereocenters. The fourth-order valence-corrected chi connectivity index (χ4v) is 1.11. The molecule has 1 rings (SSSR count). The lowest BCUT2D eigenvalue weighted by molar-refractivity contribution is -0.141. The summed E-state index contributed by atoms with van der Waals surface area (Å²) in [5.74, 6) is -1.03. The van der Waals surface area contributed by atoms with Crippen molar-refractivity contribution in [2.45, 2.75) is 26.7 Å². The van der Waals surface area contributed by atoms with Gasteiger partial charge in [-0.25, -0.2) is 0 Å². The number of aliphatic carboxylic acids is 1. The van der Waals surface area contributed by atoms with Crippen LogP contribution < -0.4 is 5.32 Å². The number of ether oxygens (including phenoxy) is 1. The fraction of sp³-hybridized carbons (Fsp3) is 0.429. The molecule has 0 atom stereocenters. The van der Waals surface area contributed by atoms with Gasteiger partial charge in [-0.2, -0.15) is 0 Å². The monoisotopic (exact) mass is 267 g/mol. The maximum Gasteiger partial charge on any atom is 0.325 e. The molecule has 0 aliphatic rings. The van der Waals surface area contributed by atoms with E-state index in [0.717, 1.165) is 25.5 Å². The average molecular weight is 267 g/mol. The Hall–Kier alpha value is -2.04. The van der Waals surface area contributed by atoms with Crippen LogP contribution in [0.15, 0.2) is 30.3 Å². The molecule has 19 heavy (non-hydrogen) atoms. The van der Waals surface area contributed by atoms with Crippen LogP contribution in [0.2, 0.25) is 0 Å². The van der Waals surface area contributed by atoms with Crippen LogP contribution >= 0.6 is 0 Å². The molecule has 0 spiro atoms. The minimum atomic E-state index is -0.833. The molecule has 0 heterocycles. The number of hydrogen-bond acceptors (Lipinski definition) is 4. The Morgan fingerprint density at radius 1 is 1.26 bits per heavy atom. The molecule has 5 heteroatoms. The third-order valence-corrected chi connectivity index (χ3v) is 1.97. The fourth-order valence-electron chi connectivity index (χ4n) is 1.11. The summed E-state index contributed by atoms with van der Waals surface area (Å²) >= 11 is 0. The van der Waals surface area contributed by atoms with E-state index in [1.807, 2.05) is 30.3 Å². The third-order valence-electron chi connectivity index (χ3n) is 1.97. The Balaban J connectivity index is 0.000000711. The molecule has 0 aromatic heterocycles. The molecule has 0 radical (unpaired) electrons. The number of anilines is 1. The van der Waals surface area contributed by atoms with Gasteiger partial charge in [-0.1, -0.05) is 31.5 Å². The predicted octanol–water partition coefficient (Wildman–Crippen LogP) is 2.53. The van der Waals surface area contributed by atoms with Crippen molar-refractivity contribution >= 4 is 17.6 Å². The van der Waals surface area contributed by atoms with Crippen LogP contribution in [-0.2, 0) is 14.3 Å². The number of carboxylic acid groups (broad SMARTS) is 1. The molecule has 0 saturated heterocycles. The number of carbonyl (C=O) groups excluding carboxylic acids is 1. The second-order valence-electron chi connectivity index (χ2n) is 3.81. The summed E-state index contributed by atoms with van der Waals surface area (Å²) in [5.41, 5.74) is 0.935. The van der Waals surface area contributed by atoms with Gasteiger partial charge in [-0.05, 0) is 18.6 Å². The number of carboxylic acids is 1. The zero-order valence-corrected chi connectivity index (χ0v) is 11.4. The second-order valence-corrected chi connectivity index (χ2v) is 3.81. The van der Waals surface area contributed by atoms with E-state index >= 15 is 0 Å². The van der Waals surface area contributed by atoms with Crippen LogP contribution in [-0.4, -0.2) is 30.2 Å². The van der Waals surface area contributed by atoms with Gasteiger partial charge in [0.25, 0.3) is 5.97 Å². The van der Waals surface area contributed by atoms with E-state index in [1.165, 1.54) is 0 Å². The van der Waals surface area contributed by atoms with Gasteiger partial charge in [-0.3, -0.25) is 9.59 Å². The quantitative estimate of drug-likeness (QED) is 0.612. The Morgan fingerprint density at radius 2 is 1.84 bits per heavy atom. The third kappa shape index (κ3) is 12.2. The van der Waals surface area contributed by atoms with Crippen molar-refractivity contribution in [3.05, 3.63) is 30.3 Å². The average Bonchev–Trinajstić information content (AvgIpc) is 2.37. The Morgan fingerprint density at radius 3 is 2.37 bits per heavy atom. The summed E-state index contributed by atoms with van der Waals surface area (Å²) < 4.78 is 5.00. The van der Waals surface area contributed by atoms with Crippen molar-refractivity contribution in [3.63, 3.8) is 0 Å². The molecule has 0 aliphatic heterocycles. The molecule has 0 fully saturated rings. The Labute approximate surface area is 113 Å².